The zero-order valence-electron chi connectivity index (χ0n) is 17.1. The summed E-state index contributed by atoms with van der Waals surface area (Å²) in [5.41, 5.74) is 2.71. The third kappa shape index (κ3) is 4.46. The fraction of sp³-hybridized carbons (Fsp3) is 0.238. The Morgan fingerprint density at radius 1 is 1.13 bits per heavy atom. The minimum absolute atomic E-state index is 0.000445. The van der Waals surface area contributed by atoms with Crippen molar-refractivity contribution in [3.63, 3.8) is 0 Å². The van der Waals surface area contributed by atoms with Gasteiger partial charge in [0.15, 0.2) is 11.5 Å². The fourth-order valence-corrected chi connectivity index (χ4v) is 4.21. The van der Waals surface area contributed by atoms with Crippen molar-refractivity contribution in [3.05, 3.63) is 59.3 Å². The number of sulfonamides is 1. The molecule has 1 N–H and O–H groups in total. The molecule has 0 spiro atoms. The molecule has 0 unspecified atom stereocenters. The molecule has 158 valence electrons. The zero-order valence-corrected chi connectivity index (χ0v) is 17.9. The summed E-state index contributed by atoms with van der Waals surface area (Å²) in [6, 6.07) is 11.3. The van der Waals surface area contributed by atoms with Gasteiger partial charge in [0, 0.05) is 11.6 Å². The van der Waals surface area contributed by atoms with Gasteiger partial charge in [0.2, 0.25) is 0 Å². The first kappa shape index (κ1) is 21.4. The van der Waals surface area contributed by atoms with Crippen LogP contribution in [-0.4, -0.2) is 33.3 Å². The number of aromatic nitrogens is 1. The Bertz CT molecular complexity index is 1180. The van der Waals surface area contributed by atoms with Crippen LogP contribution in [0.2, 0.25) is 0 Å². The number of aryl methyl sites for hydroxylation is 2. The standard InChI is InChI=1S/C21H22N2O6S/c1-5-28-21(24)17-12-19(29-22-17)15-7-9-18(27-4)20(11-15)30(25,26)23-16-8-6-13(2)10-14(16)3/h6-12,23H,5H2,1-4H3. The van der Waals surface area contributed by atoms with Crippen LogP contribution in [-0.2, 0) is 14.8 Å². The van der Waals surface area contributed by atoms with Gasteiger partial charge in [0.25, 0.3) is 10.0 Å². The summed E-state index contributed by atoms with van der Waals surface area (Å²) in [6.07, 6.45) is 0. The Hall–Kier alpha value is -3.33. The Labute approximate surface area is 174 Å². The molecule has 0 aliphatic rings. The molecule has 0 radical (unpaired) electrons. The van der Waals surface area contributed by atoms with Crippen LogP contribution in [0.4, 0.5) is 5.69 Å². The first-order chi connectivity index (χ1) is 14.2. The number of hydrogen-bond donors (Lipinski definition) is 1. The van der Waals surface area contributed by atoms with E-state index in [4.69, 9.17) is 14.0 Å². The van der Waals surface area contributed by atoms with Crippen molar-refractivity contribution < 1.29 is 27.2 Å². The second kappa shape index (κ2) is 8.58. The molecular formula is C21H22N2O6S. The average Bonchev–Trinajstić information content (AvgIpc) is 3.20. The molecule has 9 heteroatoms. The number of esters is 1. The molecule has 0 aliphatic heterocycles. The average molecular weight is 430 g/mol. The molecule has 0 amide bonds. The van der Waals surface area contributed by atoms with Crippen molar-refractivity contribution in [2.75, 3.05) is 18.4 Å². The molecule has 2 aromatic carbocycles. The second-order valence-corrected chi connectivity index (χ2v) is 8.24. The number of nitrogens with one attached hydrogen (secondary N) is 1. The van der Waals surface area contributed by atoms with Gasteiger partial charge in [0.1, 0.15) is 10.6 Å². The lowest BCUT2D eigenvalue weighted by molar-refractivity contribution is 0.0514. The van der Waals surface area contributed by atoms with Crippen molar-refractivity contribution in [1.82, 2.24) is 5.16 Å². The first-order valence-electron chi connectivity index (χ1n) is 9.17. The van der Waals surface area contributed by atoms with Crippen LogP contribution in [0.25, 0.3) is 11.3 Å². The highest BCUT2D eigenvalue weighted by Crippen LogP contribution is 2.32. The maximum Gasteiger partial charge on any atom is 0.360 e. The van der Waals surface area contributed by atoms with E-state index in [0.29, 0.717) is 11.3 Å². The maximum atomic E-state index is 13.1. The molecule has 0 saturated carbocycles. The highest BCUT2D eigenvalue weighted by Gasteiger charge is 2.23. The topological polar surface area (TPSA) is 108 Å². The van der Waals surface area contributed by atoms with Crippen molar-refractivity contribution in [2.24, 2.45) is 0 Å². The lowest BCUT2D eigenvalue weighted by Crippen LogP contribution is -2.15. The van der Waals surface area contributed by atoms with Crippen molar-refractivity contribution in [2.45, 2.75) is 25.7 Å². The summed E-state index contributed by atoms with van der Waals surface area (Å²) >= 11 is 0. The predicted octanol–water partition coefficient (Wildman–Crippen LogP) is 3.94. The molecular weight excluding hydrogens is 408 g/mol. The molecule has 0 saturated heterocycles. The van der Waals surface area contributed by atoms with Crippen LogP contribution in [0.1, 0.15) is 28.5 Å². The van der Waals surface area contributed by atoms with E-state index in [1.54, 1.807) is 19.1 Å². The molecule has 0 bridgehead atoms. The minimum atomic E-state index is -3.97. The number of ether oxygens (including phenoxy) is 2. The Morgan fingerprint density at radius 3 is 2.57 bits per heavy atom. The number of hydrogen-bond acceptors (Lipinski definition) is 7. The third-order valence-corrected chi connectivity index (χ3v) is 5.75. The van der Waals surface area contributed by atoms with E-state index >= 15 is 0 Å². The molecule has 30 heavy (non-hydrogen) atoms. The van der Waals surface area contributed by atoms with Gasteiger partial charge < -0.3 is 14.0 Å². The van der Waals surface area contributed by atoms with Crippen molar-refractivity contribution >= 4 is 21.7 Å². The van der Waals surface area contributed by atoms with Gasteiger partial charge in [-0.1, -0.05) is 22.9 Å². The molecule has 1 heterocycles. The summed E-state index contributed by atoms with van der Waals surface area (Å²) in [4.78, 5) is 11.7. The molecule has 3 rings (SSSR count). The highest BCUT2D eigenvalue weighted by atomic mass is 32.2. The van der Waals surface area contributed by atoms with Gasteiger partial charge in [0.05, 0.1) is 19.4 Å². The van der Waals surface area contributed by atoms with E-state index in [-0.39, 0.29) is 28.7 Å². The summed E-state index contributed by atoms with van der Waals surface area (Å²) in [5, 5.41) is 3.69. The van der Waals surface area contributed by atoms with Crippen LogP contribution < -0.4 is 9.46 Å². The number of carbonyl (C=O) groups is 1. The molecule has 3 aromatic rings. The van der Waals surface area contributed by atoms with Crippen LogP contribution in [0, 0.1) is 13.8 Å². The van der Waals surface area contributed by atoms with Crippen molar-refractivity contribution in [3.8, 4) is 17.1 Å². The van der Waals surface area contributed by atoms with Gasteiger partial charge in [-0.25, -0.2) is 13.2 Å². The monoisotopic (exact) mass is 430 g/mol. The van der Waals surface area contributed by atoms with E-state index in [9.17, 15) is 13.2 Å². The van der Waals surface area contributed by atoms with Crippen molar-refractivity contribution in [1.29, 1.82) is 0 Å². The van der Waals surface area contributed by atoms with Crippen LogP contribution >= 0.6 is 0 Å². The number of rotatable bonds is 7. The number of carbonyl (C=O) groups excluding carboxylic acids is 1. The Balaban J connectivity index is 1.99. The number of anilines is 1. The van der Waals surface area contributed by atoms with E-state index in [0.717, 1.165) is 11.1 Å². The van der Waals surface area contributed by atoms with E-state index in [2.05, 4.69) is 9.88 Å². The van der Waals surface area contributed by atoms with Gasteiger partial charge in [-0.3, -0.25) is 4.72 Å². The SMILES string of the molecule is CCOC(=O)c1cc(-c2ccc(OC)c(S(=O)(=O)Nc3ccc(C)cc3C)c2)on1. The molecule has 8 nitrogen and oxygen atoms in total. The second-order valence-electron chi connectivity index (χ2n) is 6.59. The summed E-state index contributed by atoms with van der Waals surface area (Å²) < 4.78 is 44.1. The smallest absolute Gasteiger partial charge is 0.360 e. The lowest BCUT2D eigenvalue weighted by Gasteiger charge is -2.14. The summed E-state index contributed by atoms with van der Waals surface area (Å²) in [7, 11) is -2.58. The third-order valence-electron chi connectivity index (χ3n) is 4.36. The minimum Gasteiger partial charge on any atom is -0.495 e. The molecule has 0 atom stereocenters. The summed E-state index contributed by atoms with van der Waals surface area (Å²) in [6.45, 7) is 5.64. The van der Waals surface area contributed by atoms with Crippen LogP contribution in [0.15, 0.2) is 51.9 Å². The largest absolute Gasteiger partial charge is 0.495 e. The molecule has 0 aliphatic carbocycles. The van der Waals surface area contributed by atoms with Gasteiger partial charge >= 0.3 is 5.97 Å². The Morgan fingerprint density at radius 2 is 1.90 bits per heavy atom. The van der Waals surface area contributed by atoms with E-state index < -0.39 is 16.0 Å². The van der Waals surface area contributed by atoms with Gasteiger partial charge in [-0.15, -0.1) is 0 Å². The number of benzene rings is 2. The highest BCUT2D eigenvalue weighted by molar-refractivity contribution is 7.92. The first-order valence-corrected chi connectivity index (χ1v) is 10.7. The van der Waals surface area contributed by atoms with E-state index in [1.165, 1.54) is 25.3 Å². The van der Waals surface area contributed by atoms with Crippen LogP contribution in [0.3, 0.4) is 0 Å². The summed E-state index contributed by atoms with van der Waals surface area (Å²) in [5.74, 6) is -0.227. The zero-order chi connectivity index (χ0) is 21.9. The van der Waals surface area contributed by atoms with Crippen LogP contribution in [0.5, 0.6) is 5.75 Å². The van der Waals surface area contributed by atoms with E-state index in [1.807, 2.05) is 26.0 Å². The lowest BCUT2D eigenvalue weighted by atomic mass is 10.1. The Kier molecular flexibility index (Phi) is 6.12. The maximum absolute atomic E-state index is 13.1. The number of methoxy groups -OCH3 is 1. The van der Waals surface area contributed by atoms with Gasteiger partial charge in [-0.05, 0) is 50.6 Å². The molecule has 0 fully saturated rings. The quantitative estimate of drug-likeness (QED) is 0.566. The predicted molar refractivity (Wildman–Crippen MR) is 111 cm³/mol. The number of nitrogens with zero attached hydrogens (tertiary/aromatic N) is 1. The van der Waals surface area contributed by atoms with Gasteiger partial charge in [-0.2, -0.15) is 0 Å². The molecule has 1 aromatic heterocycles. The normalized spacial score (nSPS) is 11.2. The fourth-order valence-electron chi connectivity index (χ4n) is 2.88.